The van der Waals surface area contributed by atoms with Crippen LogP contribution < -0.4 is 11.2 Å². The summed E-state index contributed by atoms with van der Waals surface area (Å²) in [7, 11) is 0. The summed E-state index contributed by atoms with van der Waals surface area (Å²) in [4.78, 5) is 36.2. The van der Waals surface area contributed by atoms with Crippen LogP contribution >= 0.6 is 11.8 Å². The Morgan fingerprint density at radius 1 is 1.58 bits per heavy atom. The standard InChI is InChI=1S/C11H12N2O5S/c1-5(14)17-8-9-6(4-19-9)18-10(8)13-3-2-7(15)12-11(13)16/h2-3,6,8-10H,4H2,1H3,(H,12,15,16)/t6-,8-,9+,10-/m1/s1. The van der Waals surface area contributed by atoms with Crippen molar-refractivity contribution in [1.82, 2.24) is 9.55 Å². The van der Waals surface area contributed by atoms with Crippen molar-refractivity contribution in [3.8, 4) is 0 Å². The van der Waals surface area contributed by atoms with Crippen LogP contribution in [0, 0.1) is 0 Å². The number of esters is 1. The first-order valence-electron chi connectivity index (χ1n) is 5.82. The number of aromatic nitrogens is 2. The third-order valence-corrected chi connectivity index (χ3v) is 4.64. The lowest BCUT2D eigenvalue weighted by molar-refractivity contribution is -0.152. The first-order valence-corrected chi connectivity index (χ1v) is 6.87. The molecular formula is C11H12N2O5S. The Labute approximate surface area is 111 Å². The minimum absolute atomic E-state index is 0.0156. The van der Waals surface area contributed by atoms with Gasteiger partial charge in [-0.2, -0.15) is 0 Å². The Kier molecular flexibility index (Phi) is 2.98. The fourth-order valence-electron chi connectivity index (χ4n) is 2.30. The number of nitrogens with one attached hydrogen (secondary N) is 1. The van der Waals surface area contributed by atoms with E-state index in [9.17, 15) is 14.4 Å². The van der Waals surface area contributed by atoms with Gasteiger partial charge in [0.25, 0.3) is 5.56 Å². The average molecular weight is 284 g/mol. The van der Waals surface area contributed by atoms with E-state index in [2.05, 4.69) is 4.98 Å². The summed E-state index contributed by atoms with van der Waals surface area (Å²) in [5, 5.41) is 0.0488. The Morgan fingerprint density at radius 3 is 2.95 bits per heavy atom. The number of rotatable bonds is 2. The second kappa shape index (κ2) is 4.53. The fourth-order valence-corrected chi connectivity index (χ4v) is 3.39. The number of nitrogens with zero attached hydrogens (tertiary/aromatic N) is 1. The topological polar surface area (TPSA) is 90.4 Å². The zero-order chi connectivity index (χ0) is 13.6. The number of carbonyl (C=O) groups is 1. The maximum absolute atomic E-state index is 11.8. The summed E-state index contributed by atoms with van der Waals surface area (Å²) >= 11 is 1.64. The molecule has 0 aliphatic carbocycles. The summed E-state index contributed by atoms with van der Waals surface area (Å²) < 4.78 is 12.2. The highest BCUT2D eigenvalue weighted by molar-refractivity contribution is 8.01. The van der Waals surface area contributed by atoms with Gasteiger partial charge in [0, 0.05) is 24.9 Å². The second-order valence-corrected chi connectivity index (χ2v) is 5.67. The van der Waals surface area contributed by atoms with Crippen LogP contribution in [-0.2, 0) is 14.3 Å². The van der Waals surface area contributed by atoms with Crippen LogP contribution in [0.5, 0.6) is 0 Å². The molecule has 4 atom stereocenters. The summed E-state index contributed by atoms with van der Waals surface area (Å²) in [5.74, 6) is 0.404. The number of hydrogen-bond donors (Lipinski definition) is 1. The summed E-state index contributed by atoms with van der Waals surface area (Å²) in [6.07, 6.45) is 0.152. The number of H-pyrrole nitrogens is 1. The van der Waals surface area contributed by atoms with Gasteiger partial charge in [0.1, 0.15) is 0 Å². The molecule has 0 unspecified atom stereocenters. The molecule has 0 amide bonds. The van der Waals surface area contributed by atoms with Gasteiger partial charge >= 0.3 is 11.7 Å². The molecule has 2 saturated heterocycles. The van der Waals surface area contributed by atoms with Crippen molar-refractivity contribution in [1.29, 1.82) is 0 Å². The van der Waals surface area contributed by atoms with Crippen molar-refractivity contribution in [2.45, 2.75) is 30.6 Å². The van der Waals surface area contributed by atoms with Gasteiger partial charge in [0.05, 0.1) is 11.4 Å². The van der Waals surface area contributed by atoms with E-state index in [1.54, 1.807) is 11.8 Å². The number of hydrogen-bond acceptors (Lipinski definition) is 6. The molecule has 7 nitrogen and oxygen atoms in total. The van der Waals surface area contributed by atoms with E-state index in [-0.39, 0.29) is 11.4 Å². The van der Waals surface area contributed by atoms with Crippen LogP contribution in [0.25, 0.3) is 0 Å². The molecule has 1 aromatic rings. The lowest BCUT2D eigenvalue weighted by Crippen LogP contribution is -2.42. The van der Waals surface area contributed by atoms with Crippen molar-refractivity contribution in [3.63, 3.8) is 0 Å². The quantitative estimate of drug-likeness (QED) is 0.735. The second-order valence-electron chi connectivity index (χ2n) is 4.45. The molecule has 2 aliphatic rings. The molecule has 2 aliphatic heterocycles. The Morgan fingerprint density at radius 2 is 2.37 bits per heavy atom. The Hall–Kier alpha value is -1.54. The van der Waals surface area contributed by atoms with Gasteiger partial charge in [-0.1, -0.05) is 0 Å². The molecule has 102 valence electrons. The van der Waals surface area contributed by atoms with Crippen LogP contribution in [0.15, 0.2) is 21.9 Å². The highest BCUT2D eigenvalue weighted by atomic mass is 32.2. The van der Waals surface area contributed by atoms with Gasteiger partial charge in [-0.25, -0.2) is 4.79 Å². The average Bonchev–Trinajstić information content (AvgIpc) is 2.50. The molecule has 0 spiro atoms. The first kappa shape index (κ1) is 12.5. The van der Waals surface area contributed by atoms with Gasteiger partial charge in [-0.05, 0) is 0 Å². The van der Waals surface area contributed by atoms with Gasteiger partial charge < -0.3 is 9.47 Å². The SMILES string of the molecule is CC(=O)O[C@@H]1[C@H]2SC[C@H]2O[C@H]1n1ccc(=O)[nH]c1=O. The fraction of sp³-hybridized carbons (Fsp3) is 0.545. The van der Waals surface area contributed by atoms with Gasteiger partial charge in [-0.15, -0.1) is 11.8 Å². The molecule has 1 aromatic heterocycles. The Bertz CT molecular complexity index is 624. The number of fused-ring (bicyclic) bond motifs is 1. The maximum Gasteiger partial charge on any atom is 0.330 e. The molecule has 3 rings (SSSR count). The van der Waals surface area contributed by atoms with E-state index in [0.29, 0.717) is 0 Å². The monoisotopic (exact) mass is 284 g/mol. The summed E-state index contributed by atoms with van der Waals surface area (Å²) in [6, 6.07) is 1.24. The zero-order valence-electron chi connectivity index (χ0n) is 10.1. The van der Waals surface area contributed by atoms with Crippen molar-refractivity contribution < 1.29 is 14.3 Å². The van der Waals surface area contributed by atoms with E-state index in [4.69, 9.17) is 9.47 Å². The third kappa shape index (κ3) is 2.10. The van der Waals surface area contributed by atoms with Crippen LogP contribution in [0.3, 0.4) is 0 Å². The highest BCUT2D eigenvalue weighted by Gasteiger charge is 2.53. The minimum atomic E-state index is -0.682. The van der Waals surface area contributed by atoms with E-state index in [1.807, 2.05) is 0 Å². The first-order chi connectivity index (χ1) is 9.06. The molecule has 19 heavy (non-hydrogen) atoms. The molecular weight excluding hydrogens is 272 g/mol. The number of aromatic amines is 1. The van der Waals surface area contributed by atoms with Crippen molar-refractivity contribution in [2.75, 3.05) is 5.75 Å². The summed E-state index contributed by atoms with van der Waals surface area (Å²) in [6.45, 7) is 1.32. The van der Waals surface area contributed by atoms with Crippen LogP contribution in [-0.4, -0.2) is 38.7 Å². The van der Waals surface area contributed by atoms with Crippen LogP contribution in [0.1, 0.15) is 13.2 Å². The molecule has 8 heteroatoms. The molecule has 0 aromatic carbocycles. The number of carbonyl (C=O) groups excluding carboxylic acids is 1. The molecule has 3 heterocycles. The summed E-state index contributed by atoms with van der Waals surface area (Å²) in [5.41, 5.74) is -1.04. The smallest absolute Gasteiger partial charge is 0.330 e. The molecule has 1 N–H and O–H groups in total. The lowest BCUT2D eigenvalue weighted by atomic mass is 10.2. The predicted molar refractivity (Wildman–Crippen MR) is 67.0 cm³/mol. The van der Waals surface area contributed by atoms with E-state index >= 15 is 0 Å². The highest BCUT2D eigenvalue weighted by Crippen LogP contribution is 2.46. The Balaban J connectivity index is 1.95. The lowest BCUT2D eigenvalue weighted by Gasteiger charge is -2.30. The maximum atomic E-state index is 11.8. The number of thioether (sulfide) groups is 1. The van der Waals surface area contributed by atoms with E-state index in [1.165, 1.54) is 23.8 Å². The van der Waals surface area contributed by atoms with Gasteiger partial charge in [-0.3, -0.25) is 19.1 Å². The van der Waals surface area contributed by atoms with Gasteiger partial charge in [0.15, 0.2) is 12.3 Å². The molecule has 0 saturated carbocycles. The van der Waals surface area contributed by atoms with Crippen LogP contribution in [0.2, 0.25) is 0 Å². The van der Waals surface area contributed by atoms with Crippen molar-refractivity contribution >= 4 is 17.7 Å². The minimum Gasteiger partial charge on any atom is -0.456 e. The van der Waals surface area contributed by atoms with E-state index in [0.717, 1.165) is 5.75 Å². The zero-order valence-corrected chi connectivity index (χ0v) is 10.9. The van der Waals surface area contributed by atoms with Crippen molar-refractivity contribution in [3.05, 3.63) is 33.1 Å². The molecule has 2 fully saturated rings. The van der Waals surface area contributed by atoms with Gasteiger partial charge in [0.2, 0.25) is 0 Å². The largest absolute Gasteiger partial charge is 0.456 e. The normalized spacial score (nSPS) is 32.5. The van der Waals surface area contributed by atoms with Crippen molar-refractivity contribution in [2.24, 2.45) is 0 Å². The van der Waals surface area contributed by atoms with E-state index < -0.39 is 29.6 Å². The molecule has 0 radical (unpaired) electrons. The predicted octanol–water partition coefficient (Wildman–Crippen LogP) is -0.519. The van der Waals surface area contributed by atoms with Crippen LogP contribution in [0.4, 0.5) is 0 Å². The number of ether oxygens (including phenoxy) is 2. The molecule has 0 bridgehead atoms. The third-order valence-electron chi connectivity index (χ3n) is 3.17.